The van der Waals surface area contributed by atoms with Gasteiger partial charge in [0.25, 0.3) is 0 Å². The highest BCUT2D eigenvalue weighted by atomic mass is 16.5. The van der Waals surface area contributed by atoms with Crippen molar-refractivity contribution in [2.45, 2.75) is 70.9 Å². The summed E-state index contributed by atoms with van der Waals surface area (Å²) in [4.78, 5) is 24.3. The Morgan fingerprint density at radius 3 is 2.54 bits per heavy atom. The lowest BCUT2D eigenvalue weighted by Crippen LogP contribution is -2.45. The molecule has 26 heavy (non-hydrogen) atoms. The first kappa shape index (κ1) is 22.5. The van der Waals surface area contributed by atoms with Gasteiger partial charge in [-0.2, -0.15) is 0 Å². The Hall–Kier alpha value is -1.50. The number of carbonyl (C=O) groups excluding carboxylic acids is 2. The van der Waals surface area contributed by atoms with Gasteiger partial charge in [0.05, 0.1) is 18.6 Å². The molecule has 0 aromatic carbocycles. The summed E-state index contributed by atoms with van der Waals surface area (Å²) in [5.74, 6) is -1.04. The van der Waals surface area contributed by atoms with Crippen LogP contribution < -0.4 is 0 Å². The monoisotopic (exact) mass is 368 g/mol. The van der Waals surface area contributed by atoms with Crippen molar-refractivity contribution in [2.75, 3.05) is 7.11 Å². The summed E-state index contributed by atoms with van der Waals surface area (Å²) >= 11 is 0. The van der Waals surface area contributed by atoms with Gasteiger partial charge in [0.15, 0.2) is 5.78 Å². The molecule has 0 saturated carbocycles. The number of ether oxygens (including phenoxy) is 2. The standard InChI is InChI=1S/C20H32O6/c1-5-15-11-13(2)16(21)10-8-6-7-9-14(3)26-18(23)12-17(22)20(25-4)19(15)24/h6-8,10,13-15,17,19-20,22,24H,5,9,11-12H2,1-4H3. The van der Waals surface area contributed by atoms with Crippen LogP contribution in [-0.4, -0.2) is 53.5 Å². The van der Waals surface area contributed by atoms with Crippen molar-refractivity contribution in [3.8, 4) is 0 Å². The number of ketones is 1. The Kier molecular flexibility index (Phi) is 9.76. The van der Waals surface area contributed by atoms with Crippen LogP contribution in [0, 0.1) is 11.8 Å². The zero-order chi connectivity index (χ0) is 19.7. The highest BCUT2D eigenvalue weighted by molar-refractivity contribution is 5.91. The molecular formula is C20H32O6. The molecule has 6 unspecified atom stereocenters. The number of methoxy groups -OCH3 is 1. The summed E-state index contributed by atoms with van der Waals surface area (Å²) in [6, 6.07) is 0. The molecule has 148 valence electrons. The maximum absolute atomic E-state index is 12.2. The van der Waals surface area contributed by atoms with Crippen LogP contribution in [0.15, 0.2) is 24.3 Å². The van der Waals surface area contributed by atoms with Crippen molar-refractivity contribution in [2.24, 2.45) is 11.8 Å². The fourth-order valence-corrected chi connectivity index (χ4v) is 3.18. The molecule has 6 atom stereocenters. The quantitative estimate of drug-likeness (QED) is 0.726. The van der Waals surface area contributed by atoms with Crippen molar-refractivity contribution < 1.29 is 29.3 Å². The number of hydrogen-bond acceptors (Lipinski definition) is 6. The van der Waals surface area contributed by atoms with Crippen molar-refractivity contribution in [1.29, 1.82) is 0 Å². The number of aliphatic hydroxyl groups is 2. The minimum Gasteiger partial charge on any atom is -0.462 e. The second-order valence-corrected chi connectivity index (χ2v) is 6.99. The largest absolute Gasteiger partial charge is 0.462 e. The molecule has 1 heterocycles. The summed E-state index contributed by atoms with van der Waals surface area (Å²) in [7, 11) is 1.39. The lowest BCUT2D eigenvalue weighted by molar-refractivity contribution is -0.156. The van der Waals surface area contributed by atoms with Crippen molar-refractivity contribution in [3.05, 3.63) is 24.3 Å². The Morgan fingerprint density at radius 1 is 1.23 bits per heavy atom. The summed E-state index contributed by atoms with van der Waals surface area (Å²) in [6.45, 7) is 5.49. The van der Waals surface area contributed by atoms with E-state index in [1.54, 1.807) is 19.1 Å². The fraction of sp³-hybridized carbons (Fsp3) is 0.700. The van der Waals surface area contributed by atoms with Gasteiger partial charge in [-0.15, -0.1) is 0 Å². The van der Waals surface area contributed by atoms with E-state index >= 15 is 0 Å². The van der Waals surface area contributed by atoms with E-state index in [0.717, 1.165) is 0 Å². The molecule has 1 rings (SSSR count). The highest BCUT2D eigenvalue weighted by Crippen LogP contribution is 2.25. The molecule has 0 spiro atoms. The second kappa shape index (κ2) is 11.3. The number of carbonyl (C=O) groups is 2. The van der Waals surface area contributed by atoms with Crippen LogP contribution in [0.5, 0.6) is 0 Å². The van der Waals surface area contributed by atoms with E-state index in [4.69, 9.17) is 9.47 Å². The predicted molar refractivity (Wildman–Crippen MR) is 98.4 cm³/mol. The second-order valence-electron chi connectivity index (χ2n) is 6.99. The first-order chi connectivity index (χ1) is 12.3. The van der Waals surface area contributed by atoms with Crippen LogP contribution in [0.3, 0.4) is 0 Å². The van der Waals surface area contributed by atoms with E-state index in [2.05, 4.69) is 0 Å². The van der Waals surface area contributed by atoms with Gasteiger partial charge < -0.3 is 19.7 Å². The summed E-state index contributed by atoms with van der Waals surface area (Å²) < 4.78 is 10.5. The van der Waals surface area contributed by atoms with E-state index in [9.17, 15) is 19.8 Å². The number of aliphatic hydroxyl groups excluding tert-OH is 2. The molecule has 0 fully saturated rings. The molecule has 0 radical (unpaired) electrons. The van der Waals surface area contributed by atoms with E-state index in [-0.39, 0.29) is 30.1 Å². The Labute approximate surface area is 155 Å². The summed E-state index contributed by atoms with van der Waals surface area (Å²) in [5.41, 5.74) is 0. The van der Waals surface area contributed by atoms with Crippen LogP contribution in [0.4, 0.5) is 0 Å². The molecule has 0 bridgehead atoms. The van der Waals surface area contributed by atoms with Gasteiger partial charge in [-0.1, -0.05) is 38.5 Å². The van der Waals surface area contributed by atoms with Gasteiger partial charge in [-0.25, -0.2) is 0 Å². The zero-order valence-corrected chi connectivity index (χ0v) is 16.1. The van der Waals surface area contributed by atoms with E-state index in [1.807, 2.05) is 19.9 Å². The van der Waals surface area contributed by atoms with Crippen molar-refractivity contribution in [3.63, 3.8) is 0 Å². The van der Waals surface area contributed by atoms with Crippen LogP contribution in [0.2, 0.25) is 0 Å². The maximum atomic E-state index is 12.2. The third-order valence-corrected chi connectivity index (χ3v) is 4.82. The van der Waals surface area contributed by atoms with E-state index in [1.165, 1.54) is 13.2 Å². The first-order valence-corrected chi connectivity index (χ1v) is 9.25. The number of esters is 1. The Bertz CT molecular complexity index is 512. The third kappa shape index (κ3) is 7.02. The van der Waals surface area contributed by atoms with Crippen molar-refractivity contribution in [1.82, 2.24) is 0 Å². The fourth-order valence-electron chi connectivity index (χ4n) is 3.18. The normalized spacial score (nSPS) is 35.3. The Morgan fingerprint density at radius 2 is 1.92 bits per heavy atom. The van der Waals surface area contributed by atoms with Gasteiger partial charge in [0.1, 0.15) is 12.2 Å². The molecule has 0 aromatic heterocycles. The number of cyclic esters (lactones) is 1. The van der Waals surface area contributed by atoms with Crippen molar-refractivity contribution >= 4 is 11.8 Å². The van der Waals surface area contributed by atoms with Gasteiger partial charge in [0, 0.05) is 19.4 Å². The topological polar surface area (TPSA) is 93.1 Å². The predicted octanol–water partition coefficient (Wildman–Crippen LogP) is 2.18. The number of rotatable bonds is 2. The average Bonchev–Trinajstić information content (AvgIpc) is 2.58. The maximum Gasteiger partial charge on any atom is 0.308 e. The highest BCUT2D eigenvalue weighted by Gasteiger charge is 2.35. The third-order valence-electron chi connectivity index (χ3n) is 4.82. The molecule has 0 aromatic rings. The van der Waals surface area contributed by atoms with E-state index in [0.29, 0.717) is 19.3 Å². The summed E-state index contributed by atoms with van der Waals surface area (Å²) in [5, 5.41) is 21.0. The molecular weight excluding hydrogens is 336 g/mol. The van der Waals surface area contributed by atoms with Gasteiger partial charge >= 0.3 is 5.97 Å². The molecule has 6 nitrogen and oxygen atoms in total. The molecule has 0 aliphatic carbocycles. The SMILES string of the molecule is CCC1CC(C)C(=O)C=CC=CCC(C)OC(=O)CC(O)C(OC)C1O. The molecule has 0 amide bonds. The molecule has 1 aliphatic rings. The van der Waals surface area contributed by atoms with Crippen LogP contribution in [-0.2, 0) is 19.1 Å². The number of allylic oxidation sites excluding steroid dienone is 3. The smallest absolute Gasteiger partial charge is 0.308 e. The summed E-state index contributed by atoms with van der Waals surface area (Å²) in [6.07, 6.45) is 4.67. The van der Waals surface area contributed by atoms with Gasteiger partial charge in [0.2, 0.25) is 0 Å². The lowest BCUT2D eigenvalue weighted by Gasteiger charge is -2.32. The zero-order valence-electron chi connectivity index (χ0n) is 16.1. The minimum absolute atomic E-state index is 0.0126. The van der Waals surface area contributed by atoms with Gasteiger partial charge in [-0.05, 0) is 25.3 Å². The lowest BCUT2D eigenvalue weighted by atomic mass is 9.83. The molecule has 1 aliphatic heterocycles. The molecule has 6 heteroatoms. The van der Waals surface area contributed by atoms with Crippen LogP contribution in [0.25, 0.3) is 0 Å². The van der Waals surface area contributed by atoms with E-state index < -0.39 is 24.3 Å². The van der Waals surface area contributed by atoms with Crippen LogP contribution in [0.1, 0.15) is 46.5 Å². The molecule has 2 N–H and O–H groups in total. The first-order valence-electron chi connectivity index (χ1n) is 9.25. The Balaban J connectivity index is 3.04. The average molecular weight is 368 g/mol. The number of hydrogen-bond donors (Lipinski definition) is 2. The van der Waals surface area contributed by atoms with Gasteiger partial charge in [-0.3, -0.25) is 9.59 Å². The molecule has 0 saturated heterocycles. The van der Waals surface area contributed by atoms with Crippen LogP contribution >= 0.6 is 0 Å². The minimum atomic E-state index is -1.18.